The van der Waals surface area contributed by atoms with Gasteiger partial charge in [-0.05, 0) is 36.4 Å². The highest BCUT2D eigenvalue weighted by atomic mass is 16.5. The zero-order chi connectivity index (χ0) is 17.3. The first-order valence-corrected chi connectivity index (χ1v) is 7.16. The minimum atomic E-state index is -1.07. The molecule has 0 aliphatic rings. The number of pyridine rings is 1. The molecule has 6 nitrogen and oxygen atoms in total. The SMILES string of the molecule is COc1ccc(-c2cc(=O)c3cc(C(=O)O)ccc3[nH]2)cc1OC. The van der Waals surface area contributed by atoms with Crippen molar-refractivity contribution in [2.45, 2.75) is 0 Å². The topological polar surface area (TPSA) is 88.6 Å². The van der Waals surface area contributed by atoms with Crippen molar-refractivity contribution in [3.05, 3.63) is 58.3 Å². The van der Waals surface area contributed by atoms with Crippen molar-refractivity contribution in [1.29, 1.82) is 0 Å². The number of aromatic amines is 1. The van der Waals surface area contributed by atoms with Gasteiger partial charge in [-0.25, -0.2) is 4.79 Å². The Morgan fingerprint density at radius 2 is 1.75 bits per heavy atom. The van der Waals surface area contributed by atoms with E-state index in [-0.39, 0.29) is 11.0 Å². The Labute approximate surface area is 137 Å². The van der Waals surface area contributed by atoms with Crippen LogP contribution < -0.4 is 14.9 Å². The van der Waals surface area contributed by atoms with Gasteiger partial charge in [-0.3, -0.25) is 4.79 Å². The standard InChI is InChI=1S/C18H15NO5/c1-23-16-6-4-10(8-17(16)24-2)14-9-15(20)12-7-11(18(21)22)3-5-13(12)19-14/h3-9H,1-2H3,(H,19,20)(H,21,22). The Kier molecular flexibility index (Phi) is 3.95. The van der Waals surface area contributed by atoms with Crippen LogP contribution in [0.1, 0.15) is 10.4 Å². The van der Waals surface area contributed by atoms with Crippen molar-refractivity contribution < 1.29 is 19.4 Å². The number of carboxylic acids is 1. The molecule has 0 saturated carbocycles. The van der Waals surface area contributed by atoms with Gasteiger partial charge in [0, 0.05) is 28.2 Å². The normalized spacial score (nSPS) is 10.6. The zero-order valence-corrected chi connectivity index (χ0v) is 13.1. The Balaban J connectivity index is 2.16. The minimum Gasteiger partial charge on any atom is -0.493 e. The van der Waals surface area contributed by atoms with Gasteiger partial charge in [0.15, 0.2) is 16.9 Å². The van der Waals surface area contributed by atoms with Crippen LogP contribution in [0.2, 0.25) is 0 Å². The summed E-state index contributed by atoms with van der Waals surface area (Å²) in [7, 11) is 3.09. The predicted molar refractivity (Wildman–Crippen MR) is 90.1 cm³/mol. The van der Waals surface area contributed by atoms with Crippen LogP contribution in [-0.4, -0.2) is 30.3 Å². The summed E-state index contributed by atoms with van der Waals surface area (Å²) in [5.74, 6) is 0.0768. The fourth-order valence-electron chi connectivity index (χ4n) is 2.54. The molecule has 0 unspecified atom stereocenters. The quantitative estimate of drug-likeness (QED) is 0.770. The van der Waals surface area contributed by atoms with E-state index in [0.29, 0.717) is 28.1 Å². The van der Waals surface area contributed by atoms with Gasteiger partial charge in [-0.2, -0.15) is 0 Å². The number of hydrogen-bond donors (Lipinski definition) is 2. The first-order chi connectivity index (χ1) is 11.5. The second-order valence-corrected chi connectivity index (χ2v) is 5.18. The number of hydrogen-bond acceptors (Lipinski definition) is 4. The average molecular weight is 325 g/mol. The van der Waals surface area contributed by atoms with E-state index in [2.05, 4.69) is 4.98 Å². The molecule has 0 radical (unpaired) electrons. The second kappa shape index (κ2) is 6.08. The molecule has 0 saturated heterocycles. The molecule has 3 rings (SSSR count). The van der Waals surface area contributed by atoms with Gasteiger partial charge in [0.1, 0.15) is 0 Å². The van der Waals surface area contributed by atoms with E-state index in [4.69, 9.17) is 14.6 Å². The lowest BCUT2D eigenvalue weighted by Gasteiger charge is -2.10. The van der Waals surface area contributed by atoms with Crippen molar-refractivity contribution in [2.24, 2.45) is 0 Å². The molecule has 3 aromatic rings. The molecule has 0 atom stereocenters. The largest absolute Gasteiger partial charge is 0.493 e. The van der Waals surface area contributed by atoms with Crippen molar-refractivity contribution >= 4 is 16.9 Å². The van der Waals surface area contributed by atoms with E-state index in [1.54, 1.807) is 25.3 Å². The Morgan fingerprint density at radius 3 is 2.42 bits per heavy atom. The molecule has 1 aromatic heterocycles. The van der Waals surface area contributed by atoms with Gasteiger partial charge in [0.05, 0.1) is 19.8 Å². The van der Waals surface area contributed by atoms with E-state index < -0.39 is 5.97 Å². The summed E-state index contributed by atoms with van der Waals surface area (Å²) in [4.78, 5) is 26.5. The molecule has 0 aliphatic carbocycles. The van der Waals surface area contributed by atoms with Crippen LogP contribution in [0.5, 0.6) is 11.5 Å². The number of H-pyrrole nitrogens is 1. The molecular formula is C18H15NO5. The van der Waals surface area contributed by atoms with Crippen molar-refractivity contribution in [1.82, 2.24) is 4.98 Å². The van der Waals surface area contributed by atoms with Gasteiger partial charge >= 0.3 is 5.97 Å². The highest BCUT2D eigenvalue weighted by Crippen LogP contribution is 2.31. The second-order valence-electron chi connectivity index (χ2n) is 5.18. The molecule has 2 N–H and O–H groups in total. The number of carboxylic acid groups (broad SMARTS) is 1. The van der Waals surface area contributed by atoms with Crippen LogP contribution in [-0.2, 0) is 0 Å². The van der Waals surface area contributed by atoms with Gasteiger partial charge in [-0.15, -0.1) is 0 Å². The first-order valence-electron chi connectivity index (χ1n) is 7.16. The van der Waals surface area contributed by atoms with Gasteiger partial charge in [0.2, 0.25) is 0 Å². The summed E-state index contributed by atoms with van der Waals surface area (Å²) < 4.78 is 10.5. The fraction of sp³-hybridized carbons (Fsp3) is 0.111. The molecule has 6 heteroatoms. The average Bonchev–Trinajstić information content (AvgIpc) is 2.60. The van der Waals surface area contributed by atoms with E-state index in [1.807, 2.05) is 6.07 Å². The summed E-state index contributed by atoms with van der Waals surface area (Å²) in [6.07, 6.45) is 0. The third kappa shape index (κ3) is 2.69. The van der Waals surface area contributed by atoms with Gasteiger partial charge in [-0.1, -0.05) is 0 Å². The van der Waals surface area contributed by atoms with Crippen LogP contribution in [0, 0.1) is 0 Å². The predicted octanol–water partition coefficient (Wildman–Crippen LogP) is 2.91. The third-order valence-electron chi connectivity index (χ3n) is 3.77. The summed E-state index contributed by atoms with van der Waals surface area (Å²) in [6.45, 7) is 0. The lowest BCUT2D eigenvalue weighted by molar-refractivity contribution is 0.0697. The highest BCUT2D eigenvalue weighted by molar-refractivity contribution is 5.93. The zero-order valence-electron chi connectivity index (χ0n) is 13.1. The molecule has 0 spiro atoms. The number of ether oxygens (including phenoxy) is 2. The van der Waals surface area contributed by atoms with E-state index in [0.717, 1.165) is 5.56 Å². The van der Waals surface area contributed by atoms with E-state index in [1.165, 1.54) is 25.3 Å². The molecule has 1 heterocycles. The third-order valence-corrected chi connectivity index (χ3v) is 3.77. The van der Waals surface area contributed by atoms with Crippen LogP contribution in [0.25, 0.3) is 22.2 Å². The van der Waals surface area contributed by atoms with Crippen molar-refractivity contribution in [3.63, 3.8) is 0 Å². The van der Waals surface area contributed by atoms with E-state index in [9.17, 15) is 9.59 Å². The van der Waals surface area contributed by atoms with Crippen LogP contribution >= 0.6 is 0 Å². The Morgan fingerprint density at radius 1 is 1.00 bits per heavy atom. The molecule has 122 valence electrons. The number of rotatable bonds is 4. The number of methoxy groups -OCH3 is 2. The maximum absolute atomic E-state index is 12.4. The van der Waals surface area contributed by atoms with Crippen LogP contribution in [0.4, 0.5) is 0 Å². The van der Waals surface area contributed by atoms with Gasteiger partial charge in [0.25, 0.3) is 0 Å². The summed E-state index contributed by atoms with van der Waals surface area (Å²) in [5.41, 5.74) is 1.76. The van der Waals surface area contributed by atoms with Gasteiger partial charge < -0.3 is 19.6 Å². The summed E-state index contributed by atoms with van der Waals surface area (Å²) in [6, 6.07) is 11.2. The molecular weight excluding hydrogens is 310 g/mol. The molecule has 24 heavy (non-hydrogen) atoms. The van der Waals surface area contributed by atoms with Crippen molar-refractivity contribution in [3.8, 4) is 22.8 Å². The lowest BCUT2D eigenvalue weighted by atomic mass is 10.1. The number of benzene rings is 2. The molecule has 0 amide bonds. The van der Waals surface area contributed by atoms with Crippen LogP contribution in [0.3, 0.4) is 0 Å². The highest BCUT2D eigenvalue weighted by Gasteiger charge is 2.10. The van der Waals surface area contributed by atoms with Crippen LogP contribution in [0.15, 0.2) is 47.3 Å². The monoisotopic (exact) mass is 325 g/mol. The van der Waals surface area contributed by atoms with E-state index >= 15 is 0 Å². The molecule has 0 bridgehead atoms. The number of fused-ring (bicyclic) bond motifs is 1. The summed E-state index contributed by atoms with van der Waals surface area (Å²) in [5, 5.41) is 9.37. The first kappa shape index (κ1) is 15.6. The maximum atomic E-state index is 12.4. The Bertz CT molecular complexity index is 990. The minimum absolute atomic E-state index is 0.0758. The molecule has 2 aromatic carbocycles. The smallest absolute Gasteiger partial charge is 0.335 e. The lowest BCUT2D eigenvalue weighted by Crippen LogP contribution is -2.05. The number of carbonyl (C=O) groups is 1. The Hall–Kier alpha value is -3.28. The number of nitrogens with one attached hydrogen (secondary N) is 1. The fourth-order valence-corrected chi connectivity index (χ4v) is 2.54. The molecule has 0 fully saturated rings. The van der Waals surface area contributed by atoms with Crippen molar-refractivity contribution in [2.75, 3.05) is 14.2 Å². The number of aromatic carboxylic acids is 1. The number of aromatic nitrogens is 1. The maximum Gasteiger partial charge on any atom is 0.335 e. The molecule has 0 aliphatic heterocycles. The summed E-state index contributed by atoms with van der Waals surface area (Å²) >= 11 is 0.